The Morgan fingerprint density at radius 1 is 1.40 bits per heavy atom. The van der Waals surface area contributed by atoms with Gasteiger partial charge in [-0.25, -0.2) is 12.8 Å². The summed E-state index contributed by atoms with van der Waals surface area (Å²) >= 11 is 0. The Bertz CT molecular complexity index is 443. The van der Waals surface area contributed by atoms with Gasteiger partial charge in [0.2, 0.25) is 10.0 Å². The quantitative estimate of drug-likeness (QED) is 0.864. The molecular formula is C10H14FNO2S. The number of anilines is 1. The lowest BCUT2D eigenvalue weighted by atomic mass is 10.2. The maximum absolute atomic E-state index is 13.1. The van der Waals surface area contributed by atoms with Crippen LogP contribution in [0.25, 0.3) is 0 Å². The molecule has 0 saturated heterocycles. The van der Waals surface area contributed by atoms with Crippen molar-refractivity contribution in [2.75, 3.05) is 10.5 Å². The van der Waals surface area contributed by atoms with Crippen molar-refractivity contribution < 1.29 is 12.8 Å². The second-order valence-corrected chi connectivity index (χ2v) is 5.23. The number of benzene rings is 1. The van der Waals surface area contributed by atoms with Gasteiger partial charge in [0, 0.05) is 0 Å². The predicted molar refractivity (Wildman–Crippen MR) is 58.8 cm³/mol. The van der Waals surface area contributed by atoms with Gasteiger partial charge in [-0.1, -0.05) is 13.0 Å². The normalized spacial score (nSPS) is 11.4. The molecule has 3 nitrogen and oxygen atoms in total. The molecule has 0 unspecified atom stereocenters. The second kappa shape index (κ2) is 4.61. The van der Waals surface area contributed by atoms with Crippen LogP contribution in [-0.4, -0.2) is 14.2 Å². The Morgan fingerprint density at radius 3 is 2.60 bits per heavy atom. The lowest BCUT2D eigenvalue weighted by Crippen LogP contribution is -2.16. The summed E-state index contributed by atoms with van der Waals surface area (Å²) in [5.41, 5.74) is 0.764. The molecule has 0 heterocycles. The van der Waals surface area contributed by atoms with Crippen LogP contribution in [0, 0.1) is 12.7 Å². The average Bonchev–Trinajstić information content (AvgIpc) is 2.10. The third-order valence-corrected chi connectivity index (χ3v) is 3.41. The van der Waals surface area contributed by atoms with Gasteiger partial charge in [0.1, 0.15) is 5.82 Å². The molecule has 0 saturated carbocycles. The van der Waals surface area contributed by atoms with E-state index < -0.39 is 15.8 Å². The van der Waals surface area contributed by atoms with Crippen LogP contribution < -0.4 is 4.72 Å². The molecule has 1 aromatic carbocycles. The molecule has 0 aliphatic rings. The average molecular weight is 231 g/mol. The Hall–Kier alpha value is -1.10. The van der Waals surface area contributed by atoms with Crippen LogP contribution >= 0.6 is 0 Å². The van der Waals surface area contributed by atoms with E-state index in [4.69, 9.17) is 0 Å². The molecule has 0 bridgehead atoms. The van der Waals surface area contributed by atoms with Crippen LogP contribution in [0.5, 0.6) is 0 Å². The van der Waals surface area contributed by atoms with Crippen molar-refractivity contribution in [3.05, 3.63) is 29.6 Å². The summed E-state index contributed by atoms with van der Waals surface area (Å²) < 4.78 is 38.2. The highest BCUT2D eigenvalue weighted by atomic mass is 32.2. The standard InChI is InChI=1S/C10H14FNO2S/c1-3-6-15(13,14)12-9-5-4-8(2)10(11)7-9/h4-5,7,12H,3,6H2,1-2H3. The largest absolute Gasteiger partial charge is 0.283 e. The van der Waals surface area contributed by atoms with Gasteiger partial charge in [-0.15, -0.1) is 0 Å². The van der Waals surface area contributed by atoms with E-state index in [1.54, 1.807) is 26.0 Å². The summed E-state index contributed by atoms with van der Waals surface area (Å²) in [5, 5.41) is 0. The highest BCUT2D eigenvalue weighted by Crippen LogP contribution is 2.15. The molecule has 1 N–H and O–H groups in total. The molecule has 0 radical (unpaired) electrons. The van der Waals surface area contributed by atoms with Crippen molar-refractivity contribution in [1.82, 2.24) is 0 Å². The van der Waals surface area contributed by atoms with Gasteiger partial charge in [-0.05, 0) is 31.0 Å². The van der Waals surface area contributed by atoms with Crippen molar-refractivity contribution in [1.29, 1.82) is 0 Å². The number of hydrogen-bond donors (Lipinski definition) is 1. The van der Waals surface area contributed by atoms with Gasteiger partial charge < -0.3 is 0 Å². The Morgan fingerprint density at radius 2 is 2.07 bits per heavy atom. The van der Waals surface area contributed by atoms with E-state index >= 15 is 0 Å². The highest BCUT2D eigenvalue weighted by molar-refractivity contribution is 7.92. The van der Waals surface area contributed by atoms with Crippen LogP contribution in [0.15, 0.2) is 18.2 Å². The van der Waals surface area contributed by atoms with Gasteiger partial charge in [0.15, 0.2) is 0 Å². The molecule has 1 rings (SSSR count). The maximum Gasteiger partial charge on any atom is 0.232 e. The number of aryl methyl sites for hydroxylation is 1. The van der Waals surface area contributed by atoms with Crippen LogP contribution in [0.1, 0.15) is 18.9 Å². The summed E-state index contributed by atoms with van der Waals surface area (Å²) in [5.74, 6) is -0.366. The number of rotatable bonds is 4. The zero-order valence-electron chi connectivity index (χ0n) is 8.75. The van der Waals surface area contributed by atoms with Crippen molar-refractivity contribution in [3.8, 4) is 0 Å². The number of halogens is 1. The summed E-state index contributed by atoms with van der Waals surface area (Å²) in [4.78, 5) is 0. The van der Waals surface area contributed by atoms with E-state index in [2.05, 4.69) is 4.72 Å². The fourth-order valence-electron chi connectivity index (χ4n) is 1.16. The van der Waals surface area contributed by atoms with E-state index in [1.165, 1.54) is 6.07 Å². The van der Waals surface area contributed by atoms with Gasteiger partial charge in [-0.2, -0.15) is 0 Å². The maximum atomic E-state index is 13.1. The fourth-order valence-corrected chi connectivity index (χ4v) is 2.28. The summed E-state index contributed by atoms with van der Waals surface area (Å²) in [6, 6.07) is 4.27. The summed E-state index contributed by atoms with van der Waals surface area (Å²) in [7, 11) is -3.33. The number of nitrogens with one attached hydrogen (secondary N) is 1. The molecule has 0 spiro atoms. The molecule has 0 fully saturated rings. The van der Waals surface area contributed by atoms with Gasteiger partial charge >= 0.3 is 0 Å². The minimum absolute atomic E-state index is 0.0441. The molecule has 15 heavy (non-hydrogen) atoms. The first-order chi connectivity index (χ1) is 6.94. The predicted octanol–water partition coefficient (Wildman–Crippen LogP) is 2.29. The van der Waals surface area contributed by atoms with Gasteiger partial charge in [0.05, 0.1) is 11.4 Å². The molecule has 0 amide bonds. The molecule has 0 atom stereocenters. The Kier molecular flexibility index (Phi) is 3.68. The lowest BCUT2D eigenvalue weighted by Gasteiger charge is -2.07. The van der Waals surface area contributed by atoms with Crippen LogP contribution in [-0.2, 0) is 10.0 Å². The van der Waals surface area contributed by atoms with E-state index in [0.29, 0.717) is 12.0 Å². The minimum atomic E-state index is -3.33. The van der Waals surface area contributed by atoms with E-state index in [-0.39, 0.29) is 11.4 Å². The van der Waals surface area contributed by atoms with E-state index in [9.17, 15) is 12.8 Å². The molecule has 0 aliphatic carbocycles. The van der Waals surface area contributed by atoms with Gasteiger partial charge in [-0.3, -0.25) is 4.72 Å². The van der Waals surface area contributed by atoms with Crippen LogP contribution in [0.3, 0.4) is 0 Å². The first kappa shape index (κ1) is 12.0. The van der Waals surface area contributed by atoms with Crippen molar-refractivity contribution in [2.24, 2.45) is 0 Å². The molecule has 84 valence electrons. The number of hydrogen-bond acceptors (Lipinski definition) is 2. The first-order valence-electron chi connectivity index (χ1n) is 4.71. The van der Waals surface area contributed by atoms with E-state index in [1.807, 2.05) is 0 Å². The summed E-state index contributed by atoms with van der Waals surface area (Å²) in [6.07, 6.45) is 0.531. The van der Waals surface area contributed by atoms with Crippen molar-refractivity contribution in [3.63, 3.8) is 0 Å². The Labute approximate surface area is 89.4 Å². The summed E-state index contributed by atoms with van der Waals surface area (Å²) in [6.45, 7) is 3.40. The third-order valence-electron chi connectivity index (χ3n) is 1.92. The zero-order chi connectivity index (χ0) is 11.5. The lowest BCUT2D eigenvalue weighted by molar-refractivity contribution is 0.599. The molecular weight excluding hydrogens is 217 g/mol. The fraction of sp³-hybridized carbons (Fsp3) is 0.400. The van der Waals surface area contributed by atoms with Crippen molar-refractivity contribution in [2.45, 2.75) is 20.3 Å². The second-order valence-electron chi connectivity index (χ2n) is 3.38. The molecule has 1 aromatic rings. The topological polar surface area (TPSA) is 46.2 Å². The minimum Gasteiger partial charge on any atom is -0.283 e. The SMILES string of the molecule is CCCS(=O)(=O)Nc1ccc(C)c(F)c1. The smallest absolute Gasteiger partial charge is 0.232 e. The zero-order valence-corrected chi connectivity index (χ0v) is 9.57. The molecule has 0 aromatic heterocycles. The van der Waals surface area contributed by atoms with E-state index in [0.717, 1.165) is 0 Å². The monoisotopic (exact) mass is 231 g/mol. The third kappa shape index (κ3) is 3.51. The van der Waals surface area contributed by atoms with Crippen molar-refractivity contribution >= 4 is 15.7 Å². The van der Waals surface area contributed by atoms with Crippen LogP contribution in [0.2, 0.25) is 0 Å². The molecule has 0 aliphatic heterocycles. The number of sulfonamides is 1. The highest BCUT2D eigenvalue weighted by Gasteiger charge is 2.09. The Balaban J connectivity index is 2.86. The molecule has 5 heteroatoms. The first-order valence-corrected chi connectivity index (χ1v) is 6.36. The van der Waals surface area contributed by atoms with Crippen LogP contribution in [0.4, 0.5) is 10.1 Å². The van der Waals surface area contributed by atoms with Gasteiger partial charge in [0.25, 0.3) is 0 Å².